The molecule has 176 valence electrons. The number of urea groups is 1. The van der Waals surface area contributed by atoms with E-state index >= 15 is 0 Å². The van der Waals surface area contributed by atoms with Crippen molar-refractivity contribution in [3.63, 3.8) is 0 Å². The Morgan fingerprint density at radius 3 is 2.44 bits per heavy atom. The van der Waals surface area contributed by atoms with Crippen LogP contribution in [0.5, 0.6) is 11.5 Å². The summed E-state index contributed by atoms with van der Waals surface area (Å²) in [6.45, 7) is 0.599. The number of halogens is 1. The monoisotopic (exact) mass is 463 g/mol. The average molecular weight is 464 g/mol. The Balaban J connectivity index is 1.63. The topological polar surface area (TPSA) is 79.9 Å². The zero-order chi connectivity index (χ0) is 24.1. The van der Waals surface area contributed by atoms with Crippen molar-refractivity contribution >= 4 is 17.6 Å². The molecule has 2 N–H and O–H groups in total. The molecule has 1 atom stereocenters. The van der Waals surface area contributed by atoms with Gasteiger partial charge in [0.2, 0.25) is 0 Å². The minimum atomic E-state index is -0.468. The van der Waals surface area contributed by atoms with Crippen LogP contribution in [0.3, 0.4) is 0 Å². The second kappa shape index (κ2) is 10.2. The zero-order valence-corrected chi connectivity index (χ0v) is 19.0. The van der Waals surface area contributed by atoms with Gasteiger partial charge < -0.3 is 25.0 Å². The lowest BCUT2D eigenvalue weighted by molar-refractivity contribution is 0.0936. The van der Waals surface area contributed by atoms with Crippen molar-refractivity contribution in [3.05, 3.63) is 89.2 Å². The summed E-state index contributed by atoms with van der Waals surface area (Å²) in [7, 11) is 3.12. The molecule has 0 aromatic heterocycles. The summed E-state index contributed by atoms with van der Waals surface area (Å²) >= 11 is 0. The maximum atomic E-state index is 13.6. The molecular formula is C26H26FN3O4. The maximum Gasteiger partial charge on any atom is 0.322 e. The van der Waals surface area contributed by atoms with Crippen LogP contribution in [0.1, 0.15) is 27.5 Å². The van der Waals surface area contributed by atoms with Gasteiger partial charge in [-0.05, 0) is 60.0 Å². The zero-order valence-electron chi connectivity index (χ0n) is 19.0. The van der Waals surface area contributed by atoms with Gasteiger partial charge >= 0.3 is 6.03 Å². The van der Waals surface area contributed by atoms with Crippen LogP contribution in [0.15, 0.2) is 66.7 Å². The highest BCUT2D eigenvalue weighted by atomic mass is 19.1. The lowest BCUT2D eigenvalue weighted by Crippen LogP contribution is -2.46. The Morgan fingerprint density at radius 1 is 1.00 bits per heavy atom. The van der Waals surface area contributed by atoms with Crippen molar-refractivity contribution in [1.82, 2.24) is 10.2 Å². The number of methoxy groups -OCH3 is 2. The van der Waals surface area contributed by atoms with Gasteiger partial charge in [-0.1, -0.05) is 24.3 Å². The standard InChI is InChI=1S/C26H26FN3O4/c1-33-23-13-18-11-12-30(26(32)29-20-10-6-9-19(27)14-20)22(21(18)15-24(23)34-2)16-28-25(31)17-7-4-3-5-8-17/h3-10,13-15,22H,11-12,16H2,1-2H3,(H,28,31)(H,29,32). The van der Waals surface area contributed by atoms with Crippen LogP contribution in [0.4, 0.5) is 14.9 Å². The largest absolute Gasteiger partial charge is 0.493 e. The molecule has 1 heterocycles. The summed E-state index contributed by atoms with van der Waals surface area (Å²) in [4.78, 5) is 27.6. The van der Waals surface area contributed by atoms with E-state index in [9.17, 15) is 14.0 Å². The van der Waals surface area contributed by atoms with Crippen molar-refractivity contribution in [2.75, 3.05) is 32.6 Å². The normalized spacial score (nSPS) is 14.7. The highest BCUT2D eigenvalue weighted by Crippen LogP contribution is 2.38. The van der Waals surface area contributed by atoms with Crippen LogP contribution < -0.4 is 20.1 Å². The molecule has 1 unspecified atom stereocenters. The van der Waals surface area contributed by atoms with E-state index in [1.165, 1.54) is 18.2 Å². The predicted molar refractivity (Wildman–Crippen MR) is 127 cm³/mol. The van der Waals surface area contributed by atoms with Crippen molar-refractivity contribution < 1.29 is 23.5 Å². The third kappa shape index (κ3) is 4.96. The number of ether oxygens (including phenoxy) is 2. The lowest BCUT2D eigenvalue weighted by Gasteiger charge is -2.38. The maximum absolute atomic E-state index is 13.6. The number of carbonyl (C=O) groups excluding carboxylic acids is 2. The quantitative estimate of drug-likeness (QED) is 0.568. The van der Waals surface area contributed by atoms with E-state index in [1.54, 1.807) is 49.5 Å². The minimum absolute atomic E-state index is 0.187. The third-order valence-electron chi connectivity index (χ3n) is 5.83. The van der Waals surface area contributed by atoms with E-state index in [4.69, 9.17) is 9.47 Å². The molecule has 3 aromatic carbocycles. The summed E-state index contributed by atoms with van der Waals surface area (Å²) in [6.07, 6.45) is 0.593. The number of fused-ring (bicyclic) bond motifs is 1. The molecule has 1 aliphatic heterocycles. The second-order valence-electron chi connectivity index (χ2n) is 7.88. The SMILES string of the molecule is COc1cc2c(cc1OC)C(CNC(=O)c1ccccc1)N(C(=O)Nc1cccc(F)c1)CC2. The molecule has 4 rings (SSSR count). The predicted octanol–water partition coefficient (Wildman–Crippen LogP) is 4.40. The Kier molecular flexibility index (Phi) is 6.96. The first-order chi connectivity index (χ1) is 16.5. The van der Waals surface area contributed by atoms with Crippen LogP contribution in [0.25, 0.3) is 0 Å². The van der Waals surface area contributed by atoms with Gasteiger partial charge in [0.05, 0.1) is 20.3 Å². The summed E-state index contributed by atoms with van der Waals surface area (Å²) < 4.78 is 24.5. The van der Waals surface area contributed by atoms with E-state index < -0.39 is 11.9 Å². The Hall–Kier alpha value is -4.07. The van der Waals surface area contributed by atoms with Crippen LogP contribution >= 0.6 is 0 Å². The number of amides is 3. The first-order valence-electron chi connectivity index (χ1n) is 10.9. The van der Waals surface area contributed by atoms with Gasteiger partial charge in [0.25, 0.3) is 5.91 Å². The number of carbonyl (C=O) groups is 2. The lowest BCUT2D eigenvalue weighted by atomic mass is 9.91. The Labute approximate surface area is 197 Å². The molecule has 3 aromatic rings. The highest BCUT2D eigenvalue weighted by Gasteiger charge is 2.32. The van der Waals surface area contributed by atoms with E-state index in [0.717, 1.165) is 11.1 Å². The Bertz CT molecular complexity index is 1190. The van der Waals surface area contributed by atoms with Crippen molar-refractivity contribution in [2.45, 2.75) is 12.5 Å². The van der Waals surface area contributed by atoms with Gasteiger partial charge in [-0.15, -0.1) is 0 Å². The van der Waals surface area contributed by atoms with Gasteiger partial charge in [-0.2, -0.15) is 0 Å². The molecule has 0 spiro atoms. The highest BCUT2D eigenvalue weighted by molar-refractivity contribution is 5.94. The van der Waals surface area contributed by atoms with E-state index in [2.05, 4.69) is 10.6 Å². The molecule has 3 amide bonds. The van der Waals surface area contributed by atoms with Crippen molar-refractivity contribution in [2.24, 2.45) is 0 Å². The summed E-state index contributed by atoms with van der Waals surface area (Å²) in [5.41, 5.74) is 2.75. The fourth-order valence-corrected chi connectivity index (χ4v) is 4.13. The number of hydrogen-bond donors (Lipinski definition) is 2. The number of nitrogens with one attached hydrogen (secondary N) is 2. The van der Waals surface area contributed by atoms with Crippen molar-refractivity contribution in [3.8, 4) is 11.5 Å². The fourth-order valence-electron chi connectivity index (χ4n) is 4.13. The van der Waals surface area contributed by atoms with E-state index in [-0.39, 0.29) is 18.5 Å². The molecule has 0 fully saturated rings. The molecule has 0 saturated carbocycles. The van der Waals surface area contributed by atoms with Gasteiger partial charge in [-0.3, -0.25) is 4.79 Å². The second-order valence-corrected chi connectivity index (χ2v) is 7.88. The van der Waals surface area contributed by atoms with E-state index in [0.29, 0.717) is 35.7 Å². The summed E-state index contributed by atoms with van der Waals surface area (Å²) in [5.74, 6) is 0.461. The first-order valence-corrected chi connectivity index (χ1v) is 10.9. The smallest absolute Gasteiger partial charge is 0.322 e. The molecule has 0 bridgehead atoms. The number of nitrogens with zero attached hydrogens (tertiary/aromatic N) is 1. The van der Waals surface area contributed by atoms with Crippen LogP contribution in [0, 0.1) is 5.82 Å². The number of rotatable bonds is 6. The molecule has 7 nitrogen and oxygen atoms in total. The first kappa shape index (κ1) is 23.1. The van der Waals surface area contributed by atoms with Crippen LogP contribution in [-0.4, -0.2) is 44.1 Å². The van der Waals surface area contributed by atoms with Gasteiger partial charge in [0.15, 0.2) is 11.5 Å². The van der Waals surface area contributed by atoms with Gasteiger partial charge in [0, 0.05) is 24.3 Å². The van der Waals surface area contributed by atoms with E-state index in [1.807, 2.05) is 18.2 Å². The summed E-state index contributed by atoms with van der Waals surface area (Å²) in [6, 6.07) is 17.5. The van der Waals surface area contributed by atoms with Gasteiger partial charge in [-0.25, -0.2) is 9.18 Å². The molecule has 0 aliphatic carbocycles. The molecule has 1 aliphatic rings. The Morgan fingerprint density at radius 2 is 1.74 bits per heavy atom. The summed E-state index contributed by atoms with van der Waals surface area (Å²) in [5, 5.41) is 5.70. The molecule has 34 heavy (non-hydrogen) atoms. The minimum Gasteiger partial charge on any atom is -0.493 e. The molecule has 0 radical (unpaired) electrons. The molecule has 0 saturated heterocycles. The number of benzene rings is 3. The number of anilines is 1. The molecular weight excluding hydrogens is 437 g/mol. The van der Waals surface area contributed by atoms with Crippen molar-refractivity contribution in [1.29, 1.82) is 0 Å². The fraction of sp³-hybridized carbons (Fsp3) is 0.231. The molecule has 8 heteroatoms. The third-order valence-corrected chi connectivity index (χ3v) is 5.83. The number of hydrogen-bond acceptors (Lipinski definition) is 4. The van der Waals surface area contributed by atoms with Gasteiger partial charge in [0.1, 0.15) is 5.82 Å². The van der Waals surface area contributed by atoms with Crippen LogP contribution in [0.2, 0.25) is 0 Å². The average Bonchev–Trinajstić information content (AvgIpc) is 2.86. The van der Waals surface area contributed by atoms with Crippen LogP contribution in [-0.2, 0) is 6.42 Å².